The summed E-state index contributed by atoms with van der Waals surface area (Å²) in [6.07, 6.45) is 1.55. The van der Waals surface area contributed by atoms with E-state index in [-0.39, 0.29) is 12.5 Å². The molecule has 0 aromatic carbocycles. The molecule has 0 aliphatic heterocycles. The van der Waals surface area contributed by atoms with Crippen LogP contribution >= 0.6 is 0 Å². The van der Waals surface area contributed by atoms with Crippen molar-refractivity contribution in [1.29, 1.82) is 0 Å². The maximum absolute atomic E-state index is 12.2. The van der Waals surface area contributed by atoms with Gasteiger partial charge in [-0.15, -0.1) is 0 Å². The molecule has 0 radical (unpaired) electrons. The molecule has 0 fully saturated rings. The molecule has 1 N–H and O–H groups in total. The Hall–Kier alpha value is -1.90. The van der Waals surface area contributed by atoms with Crippen molar-refractivity contribution >= 4 is 5.91 Å². The average molecular weight is 262 g/mol. The van der Waals surface area contributed by atoms with E-state index < -0.39 is 0 Å². The molecule has 0 saturated carbocycles. The molecule has 5 nitrogen and oxygen atoms in total. The standard InChI is InChI=1S/C14H18N2O3/c1-3-19-11-9-16(2)14(18)13-12(7-5-10-17)6-4-8-15-13/h4,6,8,17H,3,9-11H2,1-2H3. The maximum atomic E-state index is 12.2. The van der Waals surface area contributed by atoms with Crippen LogP contribution in [0.5, 0.6) is 0 Å². The first kappa shape index (κ1) is 15.2. The lowest BCUT2D eigenvalue weighted by Crippen LogP contribution is -2.31. The Morgan fingerprint density at radius 1 is 1.58 bits per heavy atom. The van der Waals surface area contributed by atoms with E-state index in [1.54, 1.807) is 30.3 Å². The van der Waals surface area contributed by atoms with Gasteiger partial charge >= 0.3 is 0 Å². The van der Waals surface area contributed by atoms with Gasteiger partial charge in [0.05, 0.1) is 12.2 Å². The molecule has 1 aromatic heterocycles. The summed E-state index contributed by atoms with van der Waals surface area (Å²) in [4.78, 5) is 17.8. The van der Waals surface area contributed by atoms with Crippen LogP contribution in [-0.2, 0) is 4.74 Å². The van der Waals surface area contributed by atoms with Crippen LogP contribution in [0.2, 0.25) is 0 Å². The number of nitrogens with zero attached hydrogens (tertiary/aromatic N) is 2. The van der Waals surface area contributed by atoms with Crippen molar-refractivity contribution in [2.75, 3.05) is 33.4 Å². The number of aliphatic hydroxyl groups is 1. The molecule has 1 rings (SSSR count). The molecular weight excluding hydrogens is 244 g/mol. The molecule has 1 aromatic rings. The van der Waals surface area contributed by atoms with Gasteiger partial charge in [-0.1, -0.05) is 11.8 Å². The summed E-state index contributed by atoms with van der Waals surface area (Å²) in [5, 5.41) is 8.70. The number of aliphatic hydroxyl groups excluding tert-OH is 1. The van der Waals surface area contributed by atoms with Crippen molar-refractivity contribution in [2.45, 2.75) is 6.92 Å². The second-order valence-electron chi connectivity index (χ2n) is 3.78. The molecule has 0 aliphatic rings. The second-order valence-corrected chi connectivity index (χ2v) is 3.78. The van der Waals surface area contributed by atoms with E-state index >= 15 is 0 Å². The van der Waals surface area contributed by atoms with Crippen molar-refractivity contribution in [3.63, 3.8) is 0 Å². The number of carbonyl (C=O) groups is 1. The van der Waals surface area contributed by atoms with Crippen LogP contribution in [-0.4, -0.2) is 54.3 Å². The third-order valence-electron chi connectivity index (χ3n) is 2.43. The van der Waals surface area contributed by atoms with E-state index in [0.29, 0.717) is 31.0 Å². The summed E-state index contributed by atoms with van der Waals surface area (Å²) in [7, 11) is 1.69. The first-order valence-corrected chi connectivity index (χ1v) is 6.08. The van der Waals surface area contributed by atoms with Gasteiger partial charge in [-0.3, -0.25) is 4.79 Å². The Kier molecular flexibility index (Phi) is 6.58. The number of amides is 1. The van der Waals surface area contributed by atoms with Gasteiger partial charge in [-0.25, -0.2) is 4.98 Å². The number of rotatable bonds is 5. The third kappa shape index (κ3) is 4.70. The number of hydrogen-bond acceptors (Lipinski definition) is 4. The molecule has 0 bridgehead atoms. The lowest BCUT2D eigenvalue weighted by atomic mass is 10.2. The zero-order valence-corrected chi connectivity index (χ0v) is 11.2. The van der Waals surface area contributed by atoms with Gasteiger partial charge in [0.2, 0.25) is 0 Å². The molecule has 5 heteroatoms. The molecule has 19 heavy (non-hydrogen) atoms. The molecule has 0 aliphatic carbocycles. The largest absolute Gasteiger partial charge is 0.384 e. The summed E-state index contributed by atoms with van der Waals surface area (Å²) in [5.74, 6) is 5.04. The Morgan fingerprint density at radius 2 is 2.37 bits per heavy atom. The first-order chi connectivity index (χ1) is 9.20. The SMILES string of the molecule is CCOCCN(C)C(=O)c1ncccc1C#CCO. The topological polar surface area (TPSA) is 62.7 Å². The number of pyridine rings is 1. The average Bonchev–Trinajstić information content (AvgIpc) is 2.44. The molecule has 0 unspecified atom stereocenters. The Bertz CT molecular complexity index is 477. The van der Waals surface area contributed by atoms with E-state index in [9.17, 15) is 4.79 Å². The summed E-state index contributed by atoms with van der Waals surface area (Å²) < 4.78 is 5.21. The van der Waals surface area contributed by atoms with Crippen molar-refractivity contribution in [3.05, 3.63) is 29.6 Å². The number of aromatic nitrogens is 1. The minimum absolute atomic E-state index is 0.206. The van der Waals surface area contributed by atoms with Gasteiger partial charge in [-0.05, 0) is 19.1 Å². The van der Waals surface area contributed by atoms with Crippen molar-refractivity contribution < 1.29 is 14.6 Å². The summed E-state index contributed by atoms with van der Waals surface area (Å²) in [6, 6.07) is 3.41. The Morgan fingerprint density at radius 3 is 3.05 bits per heavy atom. The minimum Gasteiger partial charge on any atom is -0.384 e. The van der Waals surface area contributed by atoms with Gasteiger partial charge in [0.15, 0.2) is 0 Å². The molecule has 0 spiro atoms. The highest BCUT2D eigenvalue weighted by atomic mass is 16.5. The van der Waals surface area contributed by atoms with Crippen LogP contribution in [0, 0.1) is 11.8 Å². The van der Waals surface area contributed by atoms with Crippen LogP contribution in [0.15, 0.2) is 18.3 Å². The van der Waals surface area contributed by atoms with Crippen LogP contribution in [0.25, 0.3) is 0 Å². The molecule has 0 saturated heterocycles. The van der Waals surface area contributed by atoms with Gasteiger partial charge in [0.1, 0.15) is 12.3 Å². The minimum atomic E-state index is -0.247. The van der Waals surface area contributed by atoms with Gasteiger partial charge in [0.25, 0.3) is 5.91 Å². The normalized spacial score (nSPS) is 9.63. The lowest BCUT2D eigenvalue weighted by molar-refractivity contribution is 0.0704. The fourth-order valence-corrected chi connectivity index (χ4v) is 1.44. The molecule has 1 amide bonds. The number of hydrogen-bond donors (Lipinski definition) is 1. The molecule has 1 heterocycles. The van der Waals surface area contributed by atoms with Crippen LogP contribution in [0.3, 0.4) is 0 Å². The zero-order valence-electron chi connectivity index (χ0n) is 11.2. The van der Waals surface area contributed by atoms with E-state index in [1.165, 1.54) is 0 Å². The Labute approximate surface area is 113 Å². The molecular formula is C14H18N2O3. The number of carbonyl (C=O) groups excluding carboxylic acids is 1. The summed E-state index contributed by atoms with van der Waals surface area (Å²) in [6.45, 7) is 3.27. The Balaban J connectivity index is 2.81. The smallest absolute Gasteiger partial charge is 0.273 e. The van der Waals surface area contributed by atoms with Crippen molar-refractivity contribution in [2.24, 2.45) is 0 Å². The third-order valence-corrected chi connectivity index (χ3v) is 2.43. The van der Waals surface area contributed by atoms with Gasteiger partial charge in [0, 0.05) is 26.4 Å². The predicted molar refractivity (Wildman–Crippen MR) is 71.7 cm³/mol. The first-order valence-electron chi connectivity index (χ1n) is 6.08. The van der Waals surface area contributed by atoms with Crippen LogP contribution < -0.4 is 0 Å². The highest BCUT2D eigenvalue weighted by Crippen LogP contribution is 2.06. The van der Waals surface area contributed by atoms with Crippen LogP contribution in [0.4, 0.5) is 0 Å². The van der Waals surface area contributed by atoms with E-state index in [1.807, 2.05) is 6.92 Å². The highest BCUT2D eigenvalue weighted by molar-refractivity contribution is 5.94. The van der Waals surface area contributed by atoms with E-state index in [0.717, 1.165) is 0 Å². The fraction of sp³-hybridized carbons (Fsp3) is 0.429. The molecule has 0 atom stereocenters. The monoisotopic (exact) mass is 262 g/mol. The lowest BCUT2D eigenvalue weighted by Gasteiger charge is -2.17. The fourth-order valence-electron chi connectivity index (χ4n) is 1.44. The highest BCUT2D eigenvalue weighted by Gasteiger charge is 2.15. The van der Waals surface area contributed by atoms with Gasteiger partial charge < -0.3 is 14.7 Å². The summed E-state index contributed by atoms with van der Waals surface area (Å²) in [5.41, 5.74) is 0.812. The van der Waals surface area contributed by atoms with Crippen LogP contribution in [0.1, 0.15) is 23.0 Å². The van der Waals surface area contributed by atoms with E-state index in [4.69, 9.17) is 9.84 Å². The molecule has 102 valence electrons. The predicted octanol–water partition coefficient (Wildman–Crippen LogP) is 0.534. The van der Waals surface area contributed by atoms with Crippen molar-refractivity contribution in [3.8, 4) is 11.8 Å². The van der Waals surface area contributed by atoms with E-state index in [2.05, 4.69) is 16.8 Å². The number of ether oxygens (including phenoxy) is 1. The van der Waals surface area contributed by atoms with Crippen molar-refractivity contribution in [1.82, 2.24) is 9.88 Å². The zero-order chi connectivity index (χ0) is 14.1. The quantitative estimate of drug-likeness (QED) is 0.621. The second kappa shape index (κ2) is 8.25. The maximum Gasteiger partial charge on any atom is 0.273 e. The summed E-state index contributed by atoms with van der Waals surface area (Å²) >= 11 is 0. The number of likely N-dealkylation sites (N-methyl/N-ethyl adjacent to an activating group) is 1. The van der Waals surface area contributed by atoms with Gasteiger partial charge in [-0.2, -0.15) is 0 Å².